The van der Waals surface area contributed by atoms with Crippen molar-refractivity contribution >= 4 is 31.9 Å². The van der Waals surface area contributed by atoms with Crippen molar-refractivity contribution in [3.05, 3.63) is 56.7 Å². The van der Waals surface area contributed by atoms with Crippen LogP contribution in [0.3, 0.4) is 0 Å². The van der Waals surface area contributed by atoms with Gasteiger partial charge in [-0.2, -0.15) is 0 Å². The SMILES string of the molecule is CNC(C)c1cc(Br)ccc1OCc1ccc(Br)cn1. The van der Waals surface area contributed by atoms with E-state index in [-0.39, 0.29) is 6.04 Å². The Morgan fingerprint density at radius 2 is 1.95 bits per heavy atom. The normalized spacial score (nSPS) is 12.2. The van der Waals surface area contributed by atoms with Crippen molar-refractivity contribution in [2.75, 3.05) is 7.05 Å². The molecule has 106 valence electrons. The third-order valence-corrected chi connectivity index (χ3v) is 4.00. The highest BCUT2D eigenvalue weighted by atomic mass is 79.9. The summed E-state index contributed by atoms with van der Waals surface area (Å²) in [6.45, 7) is 2.56. The predicted molar refractivity (Wildman–Crippen MR) is 87.9 cm³/mol. The molecule has 0 aliphatic carbocycles. The lowest BCUT2D eigenvalue weighted by Crippen LogP contribution is -2.14. The smallest absolute Gasteiger partial charge is 0.130 e. The molecule has 0 spiro atoms. The first-order valence-corrected chi connectivity index (χ1v) is 7.88. The lowest BCUT2D eigenvalue weighted by Gasteiger charge is -2.17. The number of nitrogens with zero attached hydrogens (tertiary/aromatic N) is 1. The van der Waals surface area contributed by atoms with Crippen LogP contribution in [-0.2, 0) is 6.61 Å². The topological polar surface area (TPSA) is 34.1 Å². The Morgan fingerprint density at radius 1 is 1.20 bits per heavy atom. The van der Waals surface area contributed by atoms with E-state index in [0.29, 0.717) is 6.61 Å². The van der Waals surface area contributed by atoms with Crippen LogP contribution in [0.1, 0.15) is 24.2 Å². The molecule has 1 atom stereocenters. The van der Waals surface area contributed by atoms with Crippen LogP contribution in [0.15, 0.2) is 45.5 Å². The van der Waals surface area contributed by atoms with Gasteiger partial charge in [-0.05, 0) is 60.2 Å². The fourth-order valence-electron chi connectivity index (χ4n) is 1.79. The Kier molecular flexibility index (Phi) is 5.57. The third-order valence-electron chi connectivity index (χ3n) is 3.04. The summed E-state index contributed by atoms with van der Waals surface area (Å²) in [7, 11) is 1.94. The number of pyridine rings is 1. The van der Waals surface area contributed by atoms with Crippen molar-refractivity contribution in [1.82, 2.24) is 10.3 Å². The number of halogens is 2. The minimum absolute atomic E-state index is 0.223. The average molecular weight is 400 g/mol. The molecule has 1 unspecified atom stereocenters. The fourth-order valence-corrected chi connectivity index (χ4v) is 2.40. The Hall–Kier alpha value is -0.910. The summed E-state index contributed by atoms with van der Waals surface area (Å²) in [6, 6.07) is 10.2. The van der Waals surface area contributed by atoms with Gasteiger partial charge in [0.15, 0.2) is 0 Å². The van der Waals surface area contributed by atoms with E-state index in [1.54, 1.807) is 6.20 Å². The first-order valence-electron chi connectivity index (χ1n) is 6.30. The van der Waals surface area contributed by atoms with Crippen LogP contribution in [0.25, 0.3) is 0 Å². The highest BCUT2D eigenvalue weighted by molar-refractivity contribution is 9.10. The average Bonchev–Trinajstić information content (AvgIpc) is 2.46. The van der Waals surface area contributed by atoms with E-state index in [1.807, 2.05) is 31.3 Å². The van der Waals surface area contributed by atoms with E-state index in [2.05, 4.69) is 55.2 Å². The third kappa shape index (κ3) is 4.04. The van der Waals surface area contributed by atoms with Gasteiger partial charge in [0.1, 0.15) is 12.4 Å². The van der Waals surface area contributed by atoms with Crippen molar-refractivity contribution in [2.24, 2.45) is 0 Å². The number of hydrogen-bond acceptors (Lipinski definition) is 3. The number of aromatic nitrogens is 1. The molecule has 0 aliphatic heterocycles. The molecule has 2 aromatic rings. The molecule has 0 saturated heterocycles. The second-order valence-electron chi connectivity index (χ2n) is 4.45. The van der Waals surface area contributed by atoms with Gasteiger partial charge in [0, 0.05) is 26.7 Å². The maximum absolute atomic E-state index is 5.90. The van der Waals surface area contributed by atoms with Crippen LogP contribution in [0, 0.1) is 0 Å². The van der Waals surface area contributed by atoms with Gasteiger partial charge in [-0.1, -0.05) is 15.9 Å². The minimum atomic E-state index is 0.223. The summed E-state index contributed by atoms with van der Waals surface area (Å²) in [5.41, 5.74) is 2.03. The Labute approximate surface area is 136 Å². The number of benzene rings is 1. The van der Waals surface area contributed by atoms with E-state index in [9.17, 15) is 0 Å². The van der Waals surface area contributed by atoms with Gasteiger partial charge in [-0.15, -0.1) is 0 Å². The largest absolute Gasteiger partial charge is 0.487 e. The molecule has 1 aromatic heterocycles. The lowest BCUT2D eigenvalue weighted by molar-refractivity contribution is 0.295. The maximum atomic E-state index is 5.90. The quantitative estimate of drug-likeness (QED) is 0.805. The summed E-state index contributed by atoms with van der Waals surface area (Å²) < 4.78 is 7.91. The zero-order valence-corrected chi connectivity index (χ0v) is 14.5. The molecule has 0 bridgehead atoms. The molecule has 0 amide bonds. The molecule has 2 rings (SSSR count). The van der Waals surface area contributed by atoms with Crippen molar-refractivity contribution in [1.29, 1.82) is 0 Å². The maximum Gasteiger partial charge on any atom is 0.130 e. The second-order valence-corrected chi connectivity index (χ2v) is 6.28. The van der Waals surface area contributed by atoms with E-state index >= 15 is 0 Å². The van der Waals surface area contributed by atoms with Crippen LogP contribution in [-0.4, -0.2) is 12.0 Å². The van der Waals surface area contributed by atoms with Crippen molar-refractivity contribution in [3.8, 4) is 5.75 Å². The van der Waals surface area contributed by atoms with Gasteiger partial charge in [0.25, 0.3) is 0 Å². The number of hydrogen-bond donors (Lipinski definition) is 1. The summed E-state index contributed by atoms with van der Waals surface area (Å²) >= 11 is 6.87. The predicted octanol–water partition coefficient (Wildman–Crippen LogP) is 4.47. The summed E-state index contributed by atoms with van der Waals surface area (Å²) in [6.07, 6.45) is 1.78. The molecule has 0 aliphatic rings. The molecule has 5 heteroatoms. The number of nitrogens with one attached hydrogen (secondary N) is 1. The molecule has 1 N–H and O–H groups in total. The molecule has 20 heavy (non-hydrogen) atoms. The van der Waals surface area contributed by atoms with Crippen LogP contribution >= 0.6 is 31.9 Å². The van der Waals surface area contributed by atoms with E-state index < -0.39 is 0 Å². The second kappa shape index (κ2) is 7.20. The van der Waals surface area contributed by atoms with Crippen LogP contribution in [0.5, 0.6) is 5.75 Å². The molecule has 0 radical (unpaired) electrons. The van der Waals surface area contributed by atoms with E-state index in [4.69, 9.17) is 4.74 Å². The summed E-state index contributed by atoms with van der Waals surface area (Å²) in [4.78, 5) is 4.31. The highest BCUT2D eigenvalue weighted by Gasteiger charge is 2.11. The highest BCUT2D eigenvalue weighted by Crippen LogP contribution is 2.29. The zero-order valence-electron chi connectivity index (χ0n) is 11.4. The molecule has 1 heterocycles. The fraction of sp³-hybridized carbons (Fsp3) is 0.267. The zero-order chi connectivity index (χ0) is 14.5. The number of rotatable bonds is 5. The number of ether oxygens (including phenoxy) is 1. The Bertz CT molecular complexity index is 573. The van der Waals surface area contributed by atoms with E-state index in [1.165, 1.54) is 0 Å². The standard InChI is InChI=1S/C15H16Br2N2O/c1-10(18-2)14-7-11(16)4-6-15(14)20-9-13-5-3-12(17)8-19-13/h3-8,10,18H,9H2,1-2H3. The van der Waals surface area contributed by atoms with Gasteiger partial charge in [-0.3, -0.25) is 4.98 Å². The van der Waals surface area contributed by atoms with Gasteiger partial charge in [0.05, 0.1) is 5.69 Å². The first-order chi connectivity index (χ1) is 9.60. The molecule has 1 aromatic carbocycles. The summed E-state index contributed by atoms with van der Waals surface area (Å²) in [5.74, 6) is 0.875. The molecule has 3 nitrogen and oxygen atoms in total. The van der Waals surface area contributed by atoms with Gasteiger partial charge in [0.2, 0.25) is 0 Å². The Balaban J connectivity index is 2.14. The molecular formula is C15H16Br2N2O. The van der Waals surface area contributed by atoms with E-state index in [0.717, 1.165) is 26.0 Å². The van der Waals surface area contributed by atoms with Gasteiger partial charge in [-0.25, -0.2) is 0 Å². The van der Waals surface area contributed by atoms with Crippen molar-refractivity contribution in [3.63, 3.8) is 0 Å². The minimum Gasteiger partial charge on any atom is -0.487 e. The molecular weight excluding hydrogens is 384 g/mol. The van der Waals surface area contributed by atoms with Crippen LogP contribution < -0.4 is 10.1 Å². The van der Waals surface area contributed by atoms with Crippen molar-refractivity contribution < 1.29 is 4.74 Å². The lowest BCUT2D eigenvalue weighted by atomic mass is 10.1. The Morgan fingerprint density at radius 3 is 2.60 bits per heavy atom. The summed E-state index contributed by atoms with van der Waals surface area (Å²) in [5, 5.41) is 3.23. The van der Waals surface area contributed by atoms with Gasteiger partial charge >= 0.3 is 0 Å². The van der Waals surface area contributed by atoms with Crippen LogP contribution in [0.2, 0.25) is 0 Å². The van der Waals surface area contributed by atoms with Crippen LogP contribution in [0.4, 0.5) is 0 Å². The van der Waals surface area contributed by atoms with Crippen molar-refractivity contribution in [2.45, 2.75) is 19.6 Å². The molecule has 0 saturated carbocycles. The molecule has 0 fully saturated rings. The first kappa shape index (κ1) is 15.5. The van der Waals surface area contributed by atoms with Gasteiger partial charge < -0.3 is 10.1 Å². The monoisotopic (exact) mass is 398 g/mol.